The van der Waals surface area contributed by atoms with Gasteiger partial charge in [-0.1, -0.05) is 27.7 Å². The molecule has 0 aliphatic heterocycles. The third-order valence-electron chi connectivity index (χ3n) is 11.4. The summed E-state index contributed by atoms with van der Waals surface area (Å²) in [5, 5.41) is 54.6. The zero-order valence-electron chi connectivity index (χ0n) is 20.8. The van der Waals surface area contributed by atoms with E-state index in [9.17, 15) is 30.3 Å². The van der Waals surface area contributed by atoms with Gasteiger partial charge in [-0.2, -0.15) is 0 Å². The second-order valence-electron chi connectivity index (χ2n) is 12.8. The summed E-state index contributed by atoms with van der Waals surface area (Å²) in [5.74, 6) is -0.501. The normalized spacial score (nSPS) is 49.9. The Kier molecular flexibility index (Phi) is 6.98. The molecular formula is C27H45O6-. The molecule has 4 aliphatic carbocycles. The van der Waals surface area contributed by atoms with Crippen LogP contribution in [0.15, 0.2) is 0 Å². The average molecular weight is 466 g/mol. The lowest BCUT2D eigenvalue weighted by molar-refractivity contribution is -0.313. The number of hydrogen-bond donors (Lipinski definition) is 4. The standard InChI is InChI=1S/C27H46O6/c1-14(5-8-21(29)15(2)25(32)33)18-6-7-19-24-20(13-23(31)27(18,19)4)26(3)10-9-17(28)11-16(26)12-22(24)30/h14-24,28-31H,5-13H2,1-4H3,(H,32,33)/p-1/t14-,15?,16+,17-,18-,19+,20+,21+,22-,23+,24+,26+,27-/m1/s1. The van der Waals surface area contributed by atoms with Crippen molar-refractivity contribution in [2.24, 2.45) is 52.3 Å². The highest BCUT2D eigenvalue weighted by molar-refractivity contribution is 5.67. The summed E-state index contributed by atoms with van der Waals surface area (Å²) in [5.41, 5.74) is -0.204. The van der Waals surface area contributed by atoms with Crippen molar-refractivity contribution >= 4 is 5.97 Å². The van der Waals surface area contributed by atoms with Crippen molar-refractivity contribution in [3.63, 3.8) is 0 Å². The molecule has 4 N–H and O–H groups in total. The Morgan fingerprint density at radius 2 is 1.70 bits per heavy atom. The average Bonchev–Trinajstić information content (AvgIpc) is 3.11. The smallest absolute Gasteiger partial charge is 0.0617 e. The highest BCUT2D eigenvalue weighted by atomic mass is 16.4. The number of carboxylic acids is 1. The third kappa shape index (κ3) is 4.07. The summed E-state index contributed by atoms with van der Waals surface area (Å²) in [7, 11) is 0. The molecule has 190 valence electrons. The van der Waals surface area contributed by atoms with Gasteiger partial charge in [0.15, 0.2) is 0 Å². The molecule has 0 saturated heterocycles. The molecule has 1 unspecified atom stereocenters. The van der Waals surface area contributed by atoms with Crippen molar-refractivity contribution in [1.29, 1.82) is 0 Å². The monoisotopic (exact) mass is 465 g/mol. The van der Waals surface area contributed by atoms with Crippen LogP contribution in [0.25, 0.3) is 0 Å². The first-order valence-electron chi connectivity index (χ1n) is 13.3. The molecule has 0 aromatic carbocycles. The SMILES string of the molecule is CC(C(=O)[O-])[C@@H](O)CC[C@@H](C)[C@H]1CC[C@H]2[C@@H]3[C@H](O)C[C@@H]4C[C@H](O)CC[C@]4(C)[C@H]3C[C@H](O)[C@]12C. The Labute approximate surface area is 198 Å². The van der Waals surface area contributed by atoms with E-state index in [1.807, 2.05) is 0 Å². The van der Waals surface area contributed by atoms with Gasteiger partial charge in [-0.3, -0.25) is 0 Å². The minimum Gasteiger partial charge on any atom is -0.550 e. The number of fused-ring (bicyclic) bond motifs is 5. The number of carbonyl (C=O) groups excluding carboxylic acids is 1. The molecule has 0 radical (unpaired) electrons. The van der Waals surface area contributed by atoms with Crippen LogP contribution < -0.4 is 5.11 Å². The third-order valence-corrected chi connectivity index (χ3v) is 11.4. The van der Waals surface area contributed by atoms with Crippen molar-refractivity contribution in [2.45, 2.75) is 110 Å². The molecule has 4 rings (SSSR count). The summed E-state index contributed by atoms with van der Waals surface area (Å²) in [6, 6.07) is 0. The van der Waals surface area contributed by atoms with E-state index in [1.54, 1.807) is 0 Å². The number of hydrogen-bond acceptors (Lipinski definition) is 6. The summed E-state index contributed by atoms with van der Waals surface area (Å²) >= 11 is 0. The van der Waals surface area contributed by atoms with Gasteiger partial charge in [0.1, 0.15) is 0 Å². The quantitative estimate of drug-likeness (QED) is 0.477. The van der Waals surface area contributed by atoms with Crippen molar-refractivity contribution in [1.82, 2.24) is 0 Å². The predicted octanol–water partition coefficient (Wildman–Crippen LogP) is 2.11. The van der Waals surface area contributed by atoms with Crippen LogP contribution in [0.2, 0.25) is 0 Å². The molecule has 4 aliphatic rings. The Hall–Kier alpha value is -0.690. The van der Waals surface area contributed by atoms with E-state index >= 15 is 0 Å². The molecule has 0 aromatic rings. The van der Waals surface area contributed by atoms with Crippen molar-refractivity contribution in [3.8, 4) is 0 Å². The highest BCUT2D eigenvalue weighted by Crippen LogP contribution is 2.68. The van der Waals surface area contributed by atoms with Crippen LogP contribution in [-0.2, 0) is 4.79 Å². The lowest BCUT2D eigenvalue weighted by Gasteiger charge is -2.63. The van der Waals surface area contributed by atoms with E-state index in [-0.39, 0.29) is 52.6 Å². The van der Waals surface area contributed by atoms with E-state index in [2.05, 4.69) is 20.8 Å². The summed E-state index contributed by atoms with van der Waals surface area (Å²) < 4.78 is 0. The zero-order chi connectivity index (χ0) is 24.3. The number of aliphatic hydroxyl groups is 4. The Morgan fingerprint density at radius 3 is 2.36 bits per heavy atom. The van der Waals surface area contributed by atoms with Gasteiger partial charge in [-0.15, -0.1) is 0 Å². The first-order valence-corrected chi connectivity index (χ1v) is 13.3. The number of aliphatic hydroxyl groups excluding tert-OH is 4. The Balaban J connectivity index is 1.52. The predicted molar refractivity (Wildman–Crippen MR) is 123 cm³/mol. The van der Waals surface area contributed by atoms with Gasteiger partial charge < -0.3 is 30.3 Å². The van der Waals surface area contributed by atoms with Gasteiger partial charge in [-0.25, -0.2) is 0 Å². The van der Waals surface area contributed by atoms with E-state index in [0.29, 0.717) is 25.2 Å². The van der Waals surface area contributed by atoms with Crippen LogP contribution >= 0.6 is 0 Å². The summed E-state index contributed by atoms with van der Waals surface area (Å²) in [6.45, 7) is 8.23. The van der Waals surface area contributed by atoms with Gasteiger partial charge in [-0.05, 0) is 104 Å². The maximum Gasteiger partial charge on any atom is 0.0617 e. The summed E-state index contributed by atoms with van der Waals surface area (Å²) in [4.78, 5) is 11.1. The van der Waals surface area contributed by atoms with Crippen LogP contribution in [0.1, 0.15) is 85.5 Å². The fraction of sp³-hybridized carbons (Fsp3) is 0.963. The number of carbonyl (C=O) groups is 1. The lowest BCUT2D eigenvalue weighted by atomic mass is 9.43. The zero-order valence-corrected chi connectivity index (χ0v) is 20.8. The molecule has 0 heterocycles. The Morgan fingerprint density at radius 1 is 1.00 bits per heavy atom. The minimum atomic E-state index is -1.22. The van der Waals surface area contributed by atoms with E-state index in [4.69, 9.17) is 0 Å². The van der Waals surface area contributed by atoms with Gasteiger partial charge >= 0.3 is 0 Å². The molecular weight excluding hydrogens is 420 g/mol. The second kappa shape index (κ2) is 9.07. The van der Waals surface area contributed by atoms with Crippen LogP contribution in [0.3, 0.4) is 0 Å². The number of rotatable bonds is 6. The van der Waals surface area contributed by atoms with Crippen LogP contribution in [-0.4, -0.2) is 50.8 Å². The minimum absolute atomic E-state index is 0.0697. The molecule has 6 heteroatoms. The molecule has 33 heavy (non-hydrogen) atoms. The van der Waals surface area contributed by atoms with Gasteiger partial charge in [0.25, 0.3) is 0 Å². The largest absolute Gasteiger partial charge is 0.550 e. The molecule has 13 atom stereocenters. The lowest BCUT2D eigenvalue weighted by Crippen LogP contribution is -2.62. The molecule has 0 spiro atoms. The van der Waals surface area contributed by atoms with E-state index in [0.717, 1.165) is 38.5 Å². The molecule has 0 amide bonds. The van der Waals surface area contributed by atoms with Crippen molar-refractivity contribution in [3.05, 3.63) is 0 Å². The Bertz CT molecular complexity index is 727. The molecule has 4 fully saturated rings. The maximum atomic E-state index is 11.6. The van der Waals surface area contributed by atoms with Gasteiger partial charge in [0.2, 0.25) is 0 Å². The maximum absolute atomic E-state index is 11.6. The molecule has 0 bridgehead atoms. The molecule has 4 saturated carbocycles. The second-order valence-corrected chi connectivity index (χ2v) is 12.8. The number of aliphatic carboxylic acids is 1. The number of carboxylic acid groups (broad SMARTS) is 1. The molecule has 0 aromatic heterocycles. The van der Waals surface area contributed by atoms with Gasteiger partial charge in [0, 0.05) is 11.9 Å². The van der Waals surface area contributed by atoms with Crippen molar-refractivity contribution < 1.29 is 30.3 Å². The fourth-order valence-electron chi connectivity index (χ4n) is 9.17. The topological polar surface area (TPSA) is 121 Å². The van der Waals surface area contributed by atoms with Crippen LogP contribution in [0, 0.1) is 52.3 Å². The van der Waals surface area contributed by atoms with Gasteiger partial charge in [0.05, 0.1) is 24.4 Å². The summed E-state index contributed by atoms with van der Waals surface area (Å²) in [6.07, 6.45) is 5.16. The van der Waals surface area contributed by atoms with Crippen LogP contribution in [0.5, 0.6) is 0 Å². The van der Waals surface area contributed by atoms with E-state index < -0.39 is 24.1 Å². The highest BCUT2D eigenvalue weighted by Gasteiger charge is 2.65. The van der Waals surface area contributed by atoms with E-state index in [1.165, 1.54) is 6.92 Å². The molecule has 6 nitrogen and oxygen atoms in total. The first-order chi connectivity index (χ1) is 15.4. The van der Waals surface area contributed by atoms with Crippen molar-refractivity contribution in [2.75, 3.05) is 0 Å². The fourth-order valence-corrected chi connectivity index (χ4v) is 9.17. The first kappa shape index (κ1) is 25.4. The van der Waals surface area contributed by atoms with Crippen LogP contribution in [0.4, 0.5) is 0 Å².